The zero-order chi connectivity index (χ0) is 3.41. The van der Waals surface area contributed by atoms with Crippen molar-refractivity contribution in [1.82, 2.24) is 0 Å². The molecule has 0 bridgehead atoms. The van der Waals surface area contributed by atoms with Gasteiger partial charge in [0, 0.05) is 0 Å². The molecule has 0 aliphatic carbocycles. The maximum absolute atomic E-state index is 7.31. The van der Waals surface area contributed by atoms with Gasteiger partial charge >= 0.3 is 0 Å². The smallest absolute Gasteiger partial charge is 0.0820 e. The Labute approximate surface area is 24.9 Å². The van der Waals surface area contributed by atoms with Crippen molar-refractivity contribution in [3.63, 3.8) is 0 Å². The Morgan fingerprint density at radius 3 is 2.25 bits per heavy atom. The van der Waals surface area contributed by atoms with Gasteiger partial charge in [0.2, 0.25) is 0 Å². The minimum Gasteiger partial charge on any atom is -0.252 e. The summed E-state index contributed by atoms with van der Waals surface area (Å²) in [5.74, 6) is 0. The zero-order valence-electron chi connectivity index (χ0n) is 2.27. The van der Waals surface area contributed by atoms with Crippen LogP contribution in [0.2, 0.25) is 0 Å². The van der Waals surface area contributed by atoms with Crippen LogP contribution < -0.4 is 0 Å². The lowest BCUT2D eigenvalue weighted by Gasteiger charge is -1.73. The molecule has 1 N–H and O–H groups in total. The molecular weight excluding hydrogens is 56.0 g/mol. The summed E-state index contributed by atoms with van der Waals surface area (Å²) in [5.41, 5.74) is 0. The molecule has 0 amide bonds. The summed E-state index contributed by atoms with van der Waals surface area (Å²) in [5, 5.41) is 7.31. The lowest BCUT2D eigenvalue weighted by molar-refractivity contribution is -0.232. The molecule has 2 heteroatoms. The average molecular weight is 61.1 g/mol. The zero-order valence-corrected chi connectivity index (χ0v) is 2.27. The summed E-state index contributed by atoms with van der Waals surface area (Å²) in [4.78, 5) is 3.43. The molecule has 0 aromatic carbocycles. The maximum atomic E-state index is 7.31. The van der Waals surface area contributed by atoms with Crippen molar-refractivity contribution >= 4 is 0 Å². The second-order valence-electron chi connectivity index (χ2n) is 0.333. The van der Waals surface area contributed by atoms with Crippen molar-refractivity contribution in [3.05, 3.63) is 6.92 Å². The SMILES string of the molecule is [CH2]COO. The first-order valence-corrected chi connectivity index (χ1v) is 0.971. The molecule has 0 aliphatic heterocycles. The lowest BCUT2D eigenvalue weighted by atomic mass is 10.9. The summed E-state index contributed by atoms with van der Waals surface area (Å²) in [7, 11) is 0. The number of rotatable bonds is 1. The molecule has 0 saturated carbocycles. The third kappa shape index (κ3) is 1.92. The van der Waals surface area contributed by atoms with Crippen LogP contribution in [0.15, 0.2) is 0 Å². The highest BCUT2D eigenvalue weighted by molar-refractivity contribution is 4.18. The first-order chi connectivity index (χ1) is 1.91. The third-order valence-electron chi connectivity index (χ3n) is 0.0913. The van der Waals surface area contributed by atoms with Gasteiger partial charge in [0.15, 0.2) is 0 Å². The van der Waals surface area contributed by atoms with Crippen LogP contribution in [0.25, 0.3) is 0 Å². The number of hydrogen-bond donors (Lipinski definition) is 1. The van der Waals surface area contributed by atoms with Gasteiger partial charge in [-0.15, -0.1) is 0 Å². The fourth-order valence-corrected chi connectivity index (χ4v) is 0. The molecule has 0 atom stereocenters. The summed E-state index contributed by atoms with van der Waals surface area (Å²) >= 11 is 0. The van der Waals surface area contributed by atoms with Crippen molar-refractivity contribution < 1.29 is 10.1 Å². The molecule has 0 rings (SSSR count). The Hall–Kier alpha value is -0.0800. The van der Waals surface area contributed by atoms with E-state index in [0.717, 1.165) is 0 Å². The van der Waals surface area contributed by atoms with Crippen LogP contribution in [0.1, 0.15) is 0 Å². The van der Waals surface area contributed by atoms with Crippen LogP contribution in [-0.4, -0.2) is 11.9 Å². The van der Waals surface area contributed by atoms with Gasteiger partial charge in [-0.3, -0.25) is 5.26 Å². The molecule has 2 nitrogen and oxygen atoms in total. The van der Waals surface area contributed by atoms with Crippen molar-refractivity contribution in [1.29, 1.82) is 0 Å². The summed E-state index contributed by atoms with van der Waals surface area (Å²) in [6.07, 6.45) is 0. The van der Waals surface area contributed by atoms with E-state index in [-0.39, 0.29) is 6.61 Å². The van der Waals surface area contributed by atoms with E-state index in [9.17, 15) is 0 Å². The van der Waals surface area contributed by atoms with E-state index in [4.69, 9.17) is 5.26 Å². The average Bonchev–Trinajstić information content (AvgIpc) is 1.37. The van der Waals surface area contributed by atoms with Crippen LogP contribution in [-0.2, 0) is 4.89 Å². The van der Waals surface area contributed by atoms with Crippen LogP contribution in [0.3, 0.4) is 0 Å². The van der Waals surface area contributed by atoms with Crippen LogP contribution >= 0.6 is 0 Å². The van der Waals surface area contributed by atoms with Crippen LogP contribution in [0.5, 0.6) is 0 Å². The normalized spacial score (nSPS) is 7.50. The standard InChI is InChI=1S/C2H5O2/c1-2-4-3/h3H,1-2H2. The molecule has 0 saturated heterocycles. The Morgan fingerprint density at radius 2 is 2.25 bits per heavy atom. The Balaban J connectivity index is 1.97. The molecule has 0 heterocycles. The van der Waals surface area contributed by atoms with Gasteiger partial charge in [0.1, 0.15) is 0 Å². The van der Waals surface area contributed by atoms with E-state index in [2.05, 4.69) is 11.8 Å². The fraction of sp³-hybridized carbons (Fsp3) is 0.500. The largest absolute Gasteiger partial charge is 0.252 e. The Morgan fingerprint density at radius 1 is 2.00 bits per heavy atom. The predicted molar refractivity (Wildman–Crippen MR) is 13.9 cm³/mol. The van der Waals surface area contributed by atoms with E-state index in [1.54, 1.807) is 0 Å². The minimum absolute atomic E-state index is 0.125. The minimum atomic E-state index is 0.125. The second-order valence-corrected chi connectivity index (χ2v) is 0.333. The Bertz CT molecular complexity index is 6.00. The highest BCUT2D eigenvalue weighted by Crippen LogP contribution is 1.50. The monoisotopic (exact) mass is 61.0 g/mol. The van der Waals surface area contributed by atoms with Crippen LogP contribution in [0, 0.1) is 6.92 Å². The van der Waals surface area contributed by atoms with Gasteiger partial charge in [-0.05, 0) is 6.92 Å². The number of hydrogen-bond acceptors (Lipinski definition) is 2. The molecule has 0 aromatic rings. The van der Waals surface area contributed by atoms with E-state index >= 15 is 0 Å². The molecule has 4 heavy (non-hydrogen) atoms. The lowest BCUT2D eigenvalue weighted by Crippen LogP contribution is -1.75. The third-order valence-corrected chi connectivity index (χ3v) is 0.0913. The van der Waals surface area contributed by atoms with E-state index < -0.39 is 0 Å². The highest BCUT2D eigenvalue weighted by Gasteiger charge is 1.54. The molecule has 0 unspecified atom stereocenters. The second kappa shape index (κ2) is 2.92. The Kier molecular flexibility index (Phi) is 2.86. The van der Waals surface area contributed by atoms with Gasteiger partial charge in [-0.25, -0.2) is 4.89 Å². The van der Waals surface area contributed by atoms with Gasteiger partial charge in [0.25, 0.3) is 0 Å². The predicted octanol–water partition coefficient (Wildman–Crippen LogP) is 0.310. The summed E-state index contributed by atoms with van der Waals surface area (Å²) < 4.78 is 0. The van der Waals surface area contributed by atoms with E-state index in [1.165, 1.54) is 0 Å². The van der Waals surface area contributed by atoms with Gasteiger partial charge in [-0.2, -0.15) is 0 Å². The van der Waals surface area contributed by atoms with Crippen molar-refractivity contribution in [2.75, 3.05) is 6.61 Å². The van der Waals surface area contributed by atoms with Gasteiger partial charge in [0.05, 0.1) is 6.61 Å². The molecule has 25 valence electrons. The fourth-order valence-electron chi connectivity index (χ4n) is 0. The quantitative estimate of drug-likeness (QED) is 0.349. The highest BCUT2D eigenvalue weighted by atomic mass is 17.1. The van der Waals surface area contributed by atoms with Crippen molar-refractivity contribution in [2.24, 2.45) is 0 Å². The van der Waals surface area contributed by atoms with Crippen LogP contribution in [0.4, 0.5) is 0 Å². The topological polar surface area (TPSA) is 29.5 Å². The summed E-state index contributed by atoms with van der Waals surface area (Å²) in [6, 6.07) is 0. The van der Waals surface area contributed by atoms with Crippen molar-refractivity contribution in [2.45, 2.75) is 0 Å². The van der Waals surface area contributed by atoms with E-state index in [0.29, 0.717) is 0 Å². The van der Waals surface area contributed by atoms with Crippen molar-refractivity contribution in [3.8, 4) is 0 Å². The molecule has 0 fully saturated rings. The molecular formula is C2H5O2. The van der Waals surface area contributed by atoms with Gasteiger partial charge in [-0.1, -0.05) is 0 Å². The summed E-state index contributed by atoms with van der Waals surface area (Å²) in [6.45, 7) is 3.26. The first kappa shape index (κ1) is 3.92. The molecule has 0 spiro atoms. The van der Waals surface area contributed by atoms with Gasteiger partial charge < -0.3 is 0 Å². The maximum Gasteiger partial charge on any atom is 0.0820 e. The molecule has 0 aliphatic rings. The van der Waals surface area contributed by atoms with E-state index in [1.807, 2.05) is 0 Å². The first-order valence-electron chi connectivity index (χ1n) is 0.971. The molecule has 1 radical (unpaired) electrons. The molecule has 0 aromatic heterocycles.